The lowest BCUT2D eigenvalue weighted by Crippen LogP contribution is -2.47. The molecule has 1 fully saturated rings. The van der Waals surface area contributed by atoms with Gasteiger partial charge in [0, 0.05) is 23.6 Å². The van der Waals surface area contributed by atoms with Gasteiger partial charge in [-0.3, -0.25) is 9.59 Å². The number of thioether (sulfide) groups is 1. The molecule has 1 amide bonds. The van der Waals surface area contributed by atoms with E-state index in [1.54, 1.807) is 30.5 Å². The number of halogens is 2. The van der Waals surface area contributed by atoms with Crippen LogP contribution in [-0.2, 0) is 4.79 Å². The highest BCUT2D eigenvalue weighted by Gasteiger charge is 2.30. The van der Waals surface area contributed by atoms with Crippen LogP contribution in [-0.4, -0.2) is 52.6 Å². The van der Waals surface area contributed by atoms with Crippen LogP contribution in [0.15, 0.2) is 12.1 Å². The summed E-state index contributed by atoms with van der Waals surface area (Å²) in [5.41, 5.74) is 1.24. The van der Waals surface area contributed by atoms with Crippen LogP contribution in [0.2, 0.25) is 0 Å². The van der Waals surface area contributed by atoms with Crippen molar-refractivity contribution in [3.63, 3.8) is 0 Å². The third kappa shape index (κ3) is 4.37. The van der Waals surface area contributed by atoms with Crippen molar-refractivity contribution in [1.29, 1.82) is 0 Å². The minimum atomic E-state index is -2.93. The van der Waals surface area contributed by atoms with E-state index in [9.17, 15) is 18.4 Å². The van der Waals surface area contributed by atoms with Crippen molar-refractivity contribution in [2.75, 3.05) is 18.1 Å². The largest absolute Gasteiger partial charge is 0.481 e. The van der Waals surface area contributed by atoms with Crippen molar-refractivity contribution in [3.8, 4) is 5.75 Å². The monoisotopic (exact) mass is 359 g/mol. The van der Waals surface area contributed by atoms with Crippen LogP contribution in [0.25, 0.3) is 0 Å². The highest BCUT2D eigenvalue weighted by atomic mass is 32.2. The van der Waals surface area contributed by atoms with Crippen molar-refractivity contribution >= 4 is 23.6 Å². The average Bonchev–Trinajstić information content (AvgIpc) is 2.49. The number of aryl methyl sites for hydroxylation is 2. The maximum Gasteiger partial charge on any atom is 0.387 e. The van der Waals surface area contributed by atoms with Gasteiger partial charge in [-0.25, -0.2) is 0 Å². The van der Waals surface area contributed by atoms with E-state index in [2.05, 4.69) is 4.74 Å². The Balaban J connectivity index is 2.26. The predicted molar refractivity (Wildman–Crippen MR) is 87.0 cm³/mol. The lowest BCUT2D eigenvalue weighted by atomic mass is 10.0. The zero-order chi connectivity index (χ0) is 17.9. The van der Waals surface area contributed by atoms with Crippen molar-refractivity contribution in [2.45, 2.75) is 32.9 Å². The zero-order valence-corrected chi connectivity index (χ0v) is 14.2. The summed E-state index contributed by atoms with van der Waals surface area (Å²) >= 11 is 1.62. The molecule has 132 valence electrons. The van der Waals surface area contributed by atoms with Gasteiger partial charge in [0.25, 0.3) is 5.91 Å². The van der Waals surface area contributed by atoms with Gasteiger partial charge in [-0.15, -0.1) is 0 Å². The summed E-state index contributed by atoms with van der Waals surface area (Å²) in [4.78, 5) is 25.3. The molecule has 0 spiro atoms. The van der Waals surface area contributed by atoms with Crippen LogP contribution in [0.1, 0.15) is 27.9 Å². The van der Waals surface area contributed by atoms with Crippen LogP contribution in [0.3, 0.4) is 0 Å². The number of hydrogen-bond donors (Lipinski definition) is 1. The number of hydrogen-bond acceptors (Lipinski definition) is 4. The lowest BCUT2D eigenvalue weighted by Gasteiger charge is -2.34. The molecule has 0 saturated carbocycles. The Bertz CT molecular complexity index is 615. The smallest absolute Gasteiger partial charge is 0.387 e. The molecule has 24 heavy (non-hydrogen) atoms. The molecule has 2 rings (SSSR count). The normalized spacial score (nSPS) is 17.9. The van der Waals surface area contributed by atoms with Gasteiger partial charge in [-0.05, 0) is 37.1 Å². The molecule has 1 N–H and O–H groups in total. The fourth-order valence-corrected chi connectivity index (χ4v) is 3.87. The van der Waals surface area contributed by atoms with E-state index in [0.717, 1.165) is 5.75 Å². The number of ether oxygens (including phenoxy) is 1. The molecule has 1 unspecified atom stereocenters. The van der Waals surface area contributed by atoms with Gasteiger partial charge in [0.1, 0.15) is 5.75 Å². The summed E-state index contributed by atoms with van der Waals surface area (Å²) < 4.78 is 29.4. The molecule has 1 aromatic carbocycles. The van der Waals surface area contributed by atoms with Gasteiger partial charge in [0.15, 0.2) is 0 Å². The Labute approximate surface area is 143 Å². The maximum absolute atomic E-state index is 12.8. The van der Waals surface area contributed by atoms with Crippen LogP contribution in [0, 0.1) is 13.8 Å². The summed E-state index contributed by atoms with van der Waals surface area (Å²) in [6, 6.07) is 2.64. The molecule has 0 radical (unpaired) electrons. The van der Waals surface area contributed by atoms with Crippen molar-refractivity contribution in [1.82, 2.24) is 4.90 Å². The highest BCUT2D eigenvalue weighted by molar-refractivity contribution is 7.99. The first-order valence-corrected chi connectivity index (χ1v) is 8.61. The number of benzene rings is 1. The number of rotatable bonds is 5. The van der Waals surface area contributed by atoms with E-state index in [4.69, 9.17) is 5.11 Å². The molecule has 1 atom stereocenters. The first kappa shape index (κ1) is 18.5. The molecule has 1 aromatic rings. The number of carbonyl (C=O) groups is 2. The molecular formula is C16H19F2NO4S. The van der Waals surface area contributed by atoms with Gasteiger partial charge in [0.2, 0.25) is 0 Å². The fourth-order valence-electron chi connectivity index (χ4n) is 2.81. The highest BCUT2D eigenvalue weighted by Crippen LogP contribution is 2.28. The average molecular weight is 359 g/mol. The minimum absolute atomic E-state index is 0.0674. The van der Waals surface area contributed by atoms with E-state index >= 15 is 0 Å². The number of carboxylic acids is 1. The third-order valence-corrected chi connectivity index (χ3v) is 4.90. The number of aliphatic carboxylic acids is 1. The van der Waals surface area contributed by atoms with Crippen LogP contribution >= 0.6 is 11.8 Å². The fraction of sp³-hybridized carbons (Fsp3) is 0.500. The number of carbonyl (C=O) groups excluding carboxylic acids is 1. The van der Waals surface area contributed by atoms with Crippen molar-refractivity contribution < 1.29 is 28.2 Å². The van der Waals surface area contributed by atoms with Crippen LogP contribution in [0.5, 0.6) is 5.75 Å². The number of alkyl halides is 2. The topological polar surface area (TPSA) is 66.8 Å². The molecule has 1 aliphatic rings. The predicted octanol–water partition coefficient (Wildman–Crippen LogP) is 2.94. The van der Waals surface area contributed by atoms with E-state index in [-0.39, 0.29) is 24.1 Å². The second-order valence-electron chi connectivity index (χ2n) is 5.64. The van der Waals surface area contributed by atoms with Gasteiger partial charge in [-0.2, -0.15) is 20.5 Å². The van der Waals surface area contributed by atoms with E-state index in [1.165, 1.54) is 12.1 Å². The van der Waals surface area contributed by atoms with E-state index in [1.807, 2.05) is 0 Å². The lowest BCUT2D eigenvalue weighted by molar-refractivity contribution is -0.138. The van der Waals surface area contributed by atoms with E-state index < -0.39 is 12.6 Å². The van der Waals surface area contributed by atoms with Crippen LogP contribution in [0.4, 0.5) is 8.78 Å². The van der Waals surface area contributed by atoms with Crippen molar-refractivity contribution in [2.24, 2.45) is 0 Å². The Hall–Kier alpha value is -1.83. The second-order valence-corrected chi connectivity index (χ2v) is 6.79. The molecule has 0 bridgehead atoms. The summed E-state index contributed by atoms with van der Waals surface area (Å²) in [6.45, 7) is 0.738. The molecule has 0 aromatic heterocycles. The number of amides is 1. The number of nitrogens with zero attached hydrogens (tertiary/aromatic N) is 1. The summed E-state index contributed by atoms with van der Waals surface area (Å²) in [5, 5.41) is 9.01. The van der Waals surface area contributed by atoms with Crippen molar-refractivity contribution in [3.05, 3.63) is 28.8 Å². The molecular weight excluding hydrogens is 340 g/mol. The molecule has 1 heterocycles. The summed E-state index contributed by atoms with van der Waals surface area (Å²) in [6.07, 6.45) is -0.108. The third-order valence-electron chi connectivity index (χ3n) is 3.81. The number of carboxylic acid groups (broad SMARTS) is 1. The Kier molecular flexibility index (Phi) is 6.04. The van der Waals surface area contributed by atoms with E-state index in [0.29, 0.717) is 29.0 Å². The Morgan fingerprint density at radius 3 is 2.54 bits per heavy atom. The molecule has 0 aliphatic carbocycles. The van der Waals surface area contributed by atoms with Gasteiger partial charge >= 0.3 is 12.6 Å². The first-order chi connectivity index (χ1) is 11.3. The molecule has 1 saturated heterocycles. The molecule has 8 heteroatoms. The second kappa shape index (κ2) is 7.83. The SMILES string of the molecule is Cc1cc(C(=O)N2CCSCC2CC(=O)O)cc(C)c1OC(F)F. The Morgan fingerprint density at radius 1 is 1.38 bits per heavy atom. The minimum Gasteiger partial charge on any atom is -0.481 e. The van der Waals surface area contributed by atoms with Gasteiger partial charge in [-0.1, -0.05) is 0 Å². The summed E-state index contributed by atoms with van der Waals surface area (Å²) in [5.74, 6) is 0.150. The maximum atomic E-state index is 12.8. The standard InChI is InChI=1S/C16H19F2NO4S/c1-9-5-11(6-10(2)14(9)23-16(17)18)15(22)19-3-4-24-8-12(19)7-13(20)21/h5-6,12,16H,3-4,7-8H2,1-2H3,(H,20,21). The Morgan fingerprint density at radius 2 is 2.00 bits per heavy atom. The molecule has 1 aliphatic heterocycles. The van der Waals surface area contributed by atoms with Gasteiger partial charge in [0.05, 0.1) is 12.5 Å². The summed E-state index contributed by atoms with van der Waals surface area (Å²) in [7, 11) is 0. The first-order valence-electron chi connectivity index (χ1n) is 7.46. The van der Waals surface area contributed by atoms with Gasteiger partial charge < -0.3 is 14.7 Å². The van der Waals surface area contributed by atoms with Crippen LogP contribution < -0.4 is 4.74 Å². The quantitative estimate of drug-likeness (QED) is 0.876. The molecule has 5 nitrogen and oxygen atoms in total. The zero-order valence-electron chi connectivity index (χ0n) is 13.4.